The van der Waals surface area contributed by atoms with Gasteiger partial charge in [-0.05, 0) is 62.3 Å². The van der Waals surface area contributed by atoms with Gasteiger partial charge in [0.05, 0.1) is 0 Å². The highest BCUT2D eigenvalue weighted by Crippen LogP contribution is 2.45. The number of halogens is 1. The Balaban J connectivity index is 1.78. The van der Waals surface area contributed by atoms with Crippen LogP contribution in [0.15, 0.2) is 28.7 Å². The summed E-state index contributed by atoms with van der Waals surface area (Å²) in [5.41, 5.74) is 1.91. The van der Waals surface area contributed by atoms with Gasteiger partial charge in [0.2, 0.25) is 0 Å². The predicted molar refractivity (Wildman–Crippen MR) is 70.5 cm³/mol. The molecule has 0 bridgehead atoms. The van der Waals surface area contributed by atoms with Crippen molar-refractivity contribution in [2.75, 3.05) is 6.54 Å². The van der Waals surface area contributed by atoms with Crippen LogP contribution in [0.4, 0.5) is 0 Å². The van der Waals surface area contributed by atoms with Crippen LogP contribution in [-0.2, 0) is 6.42 Å². The number of hydrogen-bond donors (Lipinski definition) is 1. The van der Waals surface area contributed by atoms with Crippen molar-refractivity contribution >= 4 is 15.9 Å². The van der Waals surface area contributed by atoms with Crippen LogP contribution in [0.5, 0.6) is 0 Å². The van der Waals surface area contributed by atoms with E-state index in [-0.39, 0.29) is 0 Å². The molecule has 1 nitrogen and oxygen atoms in total. The van der Waals surface area contributed by atoms with E-state index in [4.69, 9.17) is 0 Å². The summed E-state index contributed by atoms with van der Waals surface area (Å²) in [7, 11) is 0. The highest BCUT2D eigenvalue weighted by molar-refractivity contribution is 9.10. The zero-order chi connectivity index (χ0) is 11.0. The van der Waals surface area contributed by atoms with E-state index in [0.29, 0.717) is 5.54 Å². The molecule has 1 saturated carbocycles. The maximum atomic E-state index is 3.78. The molecular formula is C14H18BrN. The summed E-state index contributed by atoms with van der Waals surface area (Å²) >= 11 is 3.50. The quantitative estimate of drug-likeness (QED) is 0.893. The maximum absolute atomic E-state index is 3.78. The first-order valence-corrected chi connectivity index (χ1v) is 7.07. The van der Waals surface area contributed by atoms with Gasteiger partial charge in [0.1, 0.15) is 0 Å². The molecule has 0 spiro atoms. The zero-order valence-electron chi connectivity index (χ0n) is 9.51. The van der Waals surface area contributed by atoms with Gasteiger partial charge in [-0.2, -0.15) is 0 Å². The summed E-state index contributed by atoms with van der Waals surface area (Å²) in [5, 5.41) is 3.78. The summed E-state index contributed by atoms with van der Waals surface area (Å²) in [6.45, 7) is 1.22. The van der Waals surface area contributed by atoms with Gasteiger partial charge in [0, 0.05) is 10.0 Å². The van der Waals surface area contributed by atoms with Gasteiger partial charge in [-0.1, -0.05) is 28.1 Å². The summed E-state index contributed by atoms with van der Waals surface area (Å²) in [4.78, 5) is 0. The lowest BCUT2D eigenvalue weighted by Gasteiger charge is -2.30. The van der Waals surface area contributed by atoms with Gasteiger partial charge in [-0.25, -0.2) is 0 Å². The van der Waals surface area contributed by atoms with Crippen molar-refractivity contribution in [2.24, 2.45) is 5.92 Å². The molecule has 1 saturated heterocycles. The second-order valence-electron chi connectivity index (χ2n) is 5.26. The van der Waals surface area contributed by atoms with Crippen molar-refractivity contribution in [3.8, 4) is 0 Å². The minimum atomic E-state index is 0.438. The highest BCUT2D eigenvalue weighted by Gasteiger charge is 2.46. The molecule has 1 heterocycles. The van der Waals surface area contributed by atoms with Gasteiger partial charge in [-0.3, -0.25) is 0 Å². The van der Waals surface area contributed by atoms with Crippen molar-refractivity contribution < 1.29 is 0 Å². The number of rotatable bonds is 3. The molecule has 16 heavy (non-hydrogen) atoms. The van der Waals surface area contributed by atoms with Crippen molar-refractivity contribution in [1.82, 2.24) is 5.32 Å². The van der Waals surface area contributed by atoms with E-state index in [1.54, 1.807) is 0 Å². The molecule has 86 valence electrons. The topological polar surface area (TPSA) is 12.0 Å². The fourth-order valence-electron chi connectivity index (χ4n) is 3.08. The SMILES string of the molecule is Brc1ccc(CC2(C3CC3)CCCN2)cc1. The van der Waals surface area contributed by atoms with Crippen molar-refractivity contribution in [3.05, 3.63) is 34.3 Å². The minimum Gasteiger partial charge on any atom is -0.311 e. The molecule has 1 atom stereocenters. The van der Waals surface area contributed by atoms with E-state index in [1.165, 1.54) is 48.7 Å². The summed E-state index contributed by atoms with van der Waals surface area (Å²) in [5.74, 6) is 0.943. The van der Waals surface area contributed by atoms with E-state index in [9.17, 15) is 0 Å². The van der Waals surface area contributed by atoms with Crippen LogP contribution in [0.1, 0.15) is 31.2 Å². The van der Waals surface area contributed by atoms with Gasteiger partial charge in [0.15, 0.2) is 0 Å². The van der Waals surface area contributed by atoms with E-state index in [0.717, 1.165) is 5.92 Å². The van der Waals surface area contributed by atoms with Gasteiger partial charge >= 0.3 is 0 Å². The Hall–Kier alpha value is -0.340. The molecular weight excluding hydrogens is 262 g/mol. The average Bonchev–Trinajstić information content (AvgIpc) is 3.05. The zero-order valence-corrected chi connectivity index (χ0v) is 11.1. The molecule has 1 aromatic rings. The van der Waals surface area contributed by atoms with Crippen LogP contribution >= 0.6 is 15.9 Å². The Labute approximate surface area is 106 Å². The van der Waals surface area contributed by atoms with Crippen LogP contribution < -0.4 is 5.32 Å². The normalized spacial score (nSPS) is 29.6. The van der Waals surface area contributed by atoms with Crippen molar-refractivity contribution in [1.29, 1.82) is 0 Å². The molecule has 2 heteroatoms. The van der Waals surface area contributed by atoms with Crippen LogP contribution in [0.3, 0.4) is 0 Å². The predicted octanol–water partition coefficient (Wildman–Crippen LogP) is 3.52. The van der Waals surface area contributed by atoms with Gasteiger partial charge in [0.25, 0.3) is 0 Å². The summed E-state index contributed by atoms with van der Waals surface area (Å²) in [6.07, 6.45) is 6.80. The lowest BCUT2D eigenvalue weighted by Crippen LogP contribution is -2.44. The average molecular weight is 280 g/mol. The van der Waals surface area contributed by atoms with E-state index < -0.39 is 0 Å². The third-order valence-corrected chi connectivity index (χ3v) is 4.60. The smallest absolute Gasteiger partial charge is 0.0250 e. The Morgan fingerprint density at radius 3 is 2.56 bits per heavy atom. The third kappa shape index (κ3) is 2.05. The third-order valence-electron chi connectivity index (χ3n) is 4.07. The van der Waals surface area contributed by atoms with Crippen molar-refractivity contribution in [2.45, 2.75) is 37.6 Å². The highest BCUT2D eigenvalue weighted by atomic mass is 79.9. The van der Waals surface area contributed by atoms with Crippen LogP contribution in [-0.4, -0.2) is 12.1 Å². The fourth-order valence-corrected chi connectivity index (χ4v) is 3.34. The monoisotopic (exact) mass is 279 g/mol. The Bertz CT molecular complexity index is 361. The Morgan fingerprint density at radius 2 is 2.00 bits per heavy atom. The van der Waals surface area contributed by atoms with Crippen LogP contribution in [0.2, 0.25) is 0 Å². The summed E-state index contributed by atoms with van der Waals surface area (Å²) < 4.78 is 1.18. The molecule has 2 aliphatic rings. The standard InChI is InChI=1S/C14H18BrN/c15-13-6-2-11(3-7-13)10-14(12-4-5-12)8-1-9-16-14/h2-3,6-7,12,16H,1,4-5,8-10H2. The molecule has 0 radical (unpaired) electrons. The lowest BCUT2D eigenvalue weighted by molar-refractivity contribution is 0.323. The number of hydrogen-bond acceptors (Lipinski definition) is 1. The van der Waals surface area contributed by atoms with Crippen LogP contribution in [0.25, 0.3) is 0 Å². The molecule has 1 N–H and O–H groups in total. The van der Waals surface area contributed by atoms with Crippen molar-refractivity contribution in [3.63, 3.8) is 0 Å². The Morgan fingerprint density at radius 1 is 1.25 bits per heavy atom. The van der Waals surface area contributed by atoms with Gasteiger partial charge in [-0.15, -0.1) is 0 Å². The second-order valence-corrected chi connectivity index (χ2v) is 6.18. The fraction of sp³-hybridized carbons (Fsp3) is 0.571. The molecule has 0 amide bonds. The first kappa shape index (κ1) is 10.8. The first-order chi connectivity index (χ1) is 7.78. The Kier molecular flexibility index (Phi) is 2.80. The van der Waals surface area contributed by atoms with Crippen LogP contribution in [0, 0.1) is 5.92 Å². The maximum Gasteiger partial charge on any atom is 0.0250 e. The largest absolute Gasteiger partial charge is 0.311 e. The van der Waals surface area contributed by atoms with E-state index in [1.807, 2.05) is 0 Å². The number of nitrogens with one attached hydrogen (secondary N) is 1. The van der Waals surface area contributed by atoms with E-state index in [2.05, 4.69) is 45.5 Å². The summed E-state index contributed by atoms with van der Waals surface area (Å²) in [6, 6.07) is 8.83. The molecule has 1 aromatic carbocycles. The molecule has 3 rings (SSSR count). The lowest BCUT2D eigenvalue weighted by atomic mass is 9.85. The second kappa shape index (κ2) is 4.15. The molecule has 1 aliphatic heterocycles. The molecule has 1 aliphatic carbocycles. The minimum absolute atomic E-state index is 0.438. The molecule has 1 unspecified atom stereocenters. The van der Waals surface area contributed by atoms with E-state index >= 15 is 0 Å². The first-order valence-electron chi connectivity index (χ1n) is 6.28. The number of benzene rings is 1. The molecule has 2 fully saturated rings. The molecule has 0 aromatic heterocycles. The van der Waals surface area contributed by atoms with Gasteiger partial charge < -0.3 is 5.32 Å².